The van der Waals surface area contributed by atoms with Crippen LogP contribution in [0.3, 0.4) is 0 Å². The van der Waals surface area contributed by atoms with Crippen molar-refractivity contribution >= 4 is 27.5 Å². The summed E-state index contributed by atoms with van der Waals surface area (Å²) in [6, 6.07) is 23.0. The van der Waals surface area contributed by atoms with Crippen LogP contribution in [0.2, 0.25) is 0 Å². The van der Waals surface area contributed by atoms with Gasteiger partial charge in [-0.05, 0) is 48.4 Å². The molecule has 5 heteroatoms. The van der Waals surface area contributed by atoms with Crippen molar-refractivity contribution in [1.29, 1.82) is 0 Å². The zero-order valence-corrected chi connectivity index (χ0v) is 16.1. The third-order valence-electron chi connectivity index (χ3n) is 4.44. The summed E-state index contributed by atoms with van der Waals surface area (Å²) in [5.74, 6) is 0.877. The Bertz CT molecular complexity index is 1040. The molecular formula is C21H19NO2S2. The number of benzene rings is 3. The summed E-state index contributed by atoms with van der Waals surface area (Å²) in [5.41, 5.74) is 3.93. The van der Waals surface area contributed by atoms with Crippen LogP contribution in [-0.2, 0) is 22.3 Å². The summed E-state index contributed by atoms with van der Waals surface area (Å²) >= 11 is 1.72. The molecule has 0 atom stereocenters. The molecule has 0 aliphatic carbocycles. The zero-order valence-electron chi connectivity index (χ0n) is 14.4. The van der Waals surface area contributed by atoms with Crippen LogP contribution in [0, 0.1) is 6.92 Å². The Morgan fingerprint density at radius 2 is 1.62 bits per heavy atom. The van der Waals surface area contributed by atoms with E-state index in [1.54, 1.807) is 23.9 Å². The number of anilines is 1. The van der Waals surface area contributed by atoms with Crippen LogP contribution in [0.15, 0.2) is 82.6 Å². The fourth-order valence-electron chi connectivity index (χ4n) is 3.03. The van der Waals surface area contributed by atoms with Crippen LogP contribution in [0.4, 0.5) is 5.69 Å². The molecule has 3 aromatic rings. The van der Waals surface area contributed by atoms with E-state index >= 15 is 0 Å². The van der Waals surface area contributed by atoms with Crippen LogP contribution >= 0.6 is 11.8 Å². The maximum Gasteiger partial charge on any atom is 0.264 e. The number of nitrogens with zero attached hydrogens (tertiary/aromatic N) is 1. The average Bonchev–Trinajstić information content (AvgIpc) is 2.65. The molecule has 0 N–H and O–H groups in total. The van der Waals surface area contributed by atoms with Gasteiger partial charge in [0, 0.05) is 10.6 Å². The molecule has 3 aromatic carbocycles. The first kappa shape index (κ1) is 17.2. The number of sulfonamides is 1. The van der Waals surface area contributed by atoms with Crippen molar-refractivity contribution in [2.24, 2.45) is 0 Å². The molecule has 1 heterocycles. The van der Waals surface area contributed by atoms with Gasteiger partial charge in [0.2, 0.25) is 0 Å². The highest BCUT2D eigenvalue weighted by Gasteiger charge is 2.26. The van der Waals surface area contributed by atoms with Gasteiger partial charge in [0.25, 0.3) is 10.0 Å². The van der Waals surface area contributed by atoms with Gasteiger partial charge in [0.05, 0.1) is 17.1 Å². The molecule has 4 rings (SSSR count). The van der Waals surface area contributed by atoms with E-state index in [-0.39, 0.29) is 0 Å². The average molecular weight is 382 g/mol. The van der Waals surface area contributed by atoms with E-state index in [0.29, 0.717) is 17.1 Å². The molecule has 0 saturated heterocycles. The molecule has 26 heavy (non-hydrogen) atoms. The monoisotopic (exact) mass is 381 g/mol. The SMILES string of the molecule is Cc1ccc(S(=O)(=O)N2Cc3cccc(c3)CSc3cccc2c3)cc1. The van der Waals surface area contributed by atoms with Crippen molar-refractivity contribution in [1.82, 2.24) is 0 Å². The Hall–Kier alpha value is -2.24. The van der Waals surface area contributed by atoms with Crippen LogP contribution in [0.5, 0.6) is 0 Å². The highest BCUT2D eigenvalue weighted by Crippen LogP contribution is 2.32. The highest BCUT2D eigenvalue weighted by atomic mass is 32.2. The van der Waals surface area contributed by atoms with E-state index in [2.05, 4.69) is 12.1 Å². The minimum absolute atomic E-state index is 0.314. The van der Waals surface area contributed by atoms with E-state index in [1.807, 2.05) is 55.5 Å². The number of aryl methyl sites for hydroxylation is 1. The van der Waals surface area contributed by atoms with E-state index in [9.17, 15) is 8.42 Å². The molecule has 132 valence electrons. The molecule has 0 amide bonds. The molecular weight excluding hydrogens is 362 g/mol. The zero-order chi connectivity index (χ0) is 18.1. The van der Waals surface area contributed by atoms with Crippen molar-refractivity contribution in [2.45, 2.75) is 29.0 Å². The first-order chi connectivity index (χ1) is 12.5. The quantitative estimate of drug-likeness (QED) is 0.627. The lowest BCUT2D eigenvalue weighted by Gasteiger charge is -2.26. The maximum atomic E-state index is 13.4. The Balaban J connectivity index is 1.85. The predicted molar refractivity (Wildman–Crippen MR) is 107 cm³/mol. The number of hydrogen-bond donors (Lipinski definition) is 0. The molecule has 0 unspecified atom stereocenters. The van der Waals surface area contributed by atoms with Crippen LogP contribution in [0.25, 0.3) is 0 Å². The predicted octanol–water partition coefficient (Wildman–Crippen LogP) is 5.00. The standard InChI is InChI=1S/C21H19NO2S2/c1-16-8-10-21(11-9-16)26(23,24)22-14-17-4-2-5-18(12-17)15-25-20-7-3-6-19(22)13-20/h2-13H,14-15H2,1H3. The highest BCUT2D eigenvalue weighted by molar-refractivity contribution is 7.98. The van der Waals surface area contributed by atoms with Gasteiger partial charge in [0.1, 0.15) is 0 Å². The fraction of sp³-hybridized carbons (Fsp3) is 0.143. The third kappa shape index (κ3) is 3.37. The molecule has 0 aromatic heterocycles. The topological polar surface area (TPSA) is 37.4 Å². The van der Waals surface area contributed by atoms with Gasteiger partial charge in [-0.15, -0.1) is 11.8 Å². The summed E-state index contributed by atoms with van der Waals surface area (Å²) in [6.45, 7) is 2.27. The first-order valence-corrected chi connectivity index (χ1v) is 10.8. The summed E-state index contributed by atoms with van der Waals surface area (Å²) in [7, 11) is -3.65. The van der Waals surface area contributed by atoms with Crippen molar-refractivity contribution < 1.29 is 8.42 Å². The van der Waals surface area contributed by atoms with Crippen LogP contribution < -0.4 is 4.31 Å². The Labute approximate surface area is 158 Å². The summed E-state index contributed by atoms with van der Waals surface area (Å²) in [4.78, 5) is 1.38. The van der Waals surface area contributed by atoms with E-state index in [4.69, 9.17) is 0 Å². The van der Waals surface area contributed by atoms with Gasteiger partial charge in [-0.25, -0.2) is 8.42 Å². The van der Waals surface area contributed by atoms with Crippen molar-refractivity contribution in [3.8, 4) is 0 Å². The molecule has 1 aliphatic rings. The largest absolute Gasteiger partial charge is 0.264 e. The molecule has 0 spiro atoms. The number of rotatable bonds is 2. The van der Waals surface area contributed by atoms with Gasteiger partial charge in [-0.2, -0.15) is 0 Å². The number of thioether (sulfide) groups is 1. The van der Waals surface area contributed by atoms with Crippen molar-refractivity contribution in [3.05, 3.63) is 89.5 Å². The second-order valence-electron chi connectivity index (χ2n) is 6.43. The lowest BCUT2D eigenvalue weighted by molar-refractivity contribution is 0.590. The Morgan fingerprint density at radius 1 is 0.885 bits per heavy atom. The van der Waals surface area contributed by atoms with E-state index < -0.39 is 10.0 Å². The summed E-state index contributed by atoms with van der Waals surface area (Å²) < 4.78 is 28.3. The second-order valence-corrected chi connectivity index (χ2v) is 9.34. The van der Waals surface area contributed by atoms with Gasteiger partial charge in [0.15, 0.2) is 0 Å². The summed E-state index contributed by atoms with van der Waals surface area (Å²) in [5, 5.41) is 0. The lowest BCUT2D eigenvalue weighted by Crippen LogP contribution is -2.30. The van der Waals surface area contributed by atoms with Gasteiger partial charge < -0.3 is 0 Å². The molecule has 3 nitrogen and oxygen atoms in total. The van der Waals surface area contributed by atoms with Crippen molar-refractivity contribution in [3.63, 3.8) is 0 Å². The van der Waals surface area contributed by atoms with E-state index in [0.717, 1.165) is 21.8 Å². The lowest BCUT2D eigenvalue weighted by atomic mass is 10.1. The molecule has 0 saturated carbocycles. The van der Waals surface area contributed by atoms with E-state index in [1.165, 1.54) is 9.87 Å². The van der Waals surface area contributed by atoms with Gasteiger partial charge in [-0.3, -0.25) is 4.31 Å². The fourth-order valence-corrected chi connectivity index (χ4v) is 5.37. The Kier molecular flexibility index (Phi) is 4.51. The molecule has 4 bridgehead atoms. The minimum atomic E-state index is -3.65. The normalized spacial score (nSPS) is 14.1. The second kappa shape index (κ2) is 6.82. The van der Waals surface area contributed by atoms with Crippen molar-refractivity contribution in [2.75, 3.05) is 4.31 Å². The minimum Gasteiger partial charge on any atom is -0.262 e. The van der Waals surface area contributed by atoms with Crippen LogP contribution in [0.1, 0.15) is 16.7 Å². The maximum absolute atomic E-state index is 13.4. The molecule has 0 radical (unpaired) electrons. The molecule has 0 fully saturated rings. The smallest absolute Gasteiger partial charge is 0.262 e. The van der Waals surface area contributed by atoms with Gasteiger partial charge >= 0.3 is 0 Å². The summed E-state index contributed by atoms with van der Waals surface area (Å²) in [6.07, 6.45) is 0. The van der Waals surface area contributed by atoms with Gasteiger partial charge in [-0.1, -0.05) is 48.0 Å². The number of fused-ring (bicyclic) bond motifs is 4. The Morgan fingerprint density at radius 3 is 2.42 bits per heavy atom. The third-order valence-corrected chi connectivity index (χ3v) is 7.29. The molecule has 1 aliphatic heterocycles. The van der Waals surface area contributed by atoms with Crippen LogP contribution in [-0.4, -0.2) is 8.42 Å². The number of hydrogen-bond acceptors (Lipinski definition) is 3. The first-order valence-electron chi connectivity index (χ1n) is 8.42.